The molecular formula is C21H19N3O5. The van der Waals surface area contributed by atoms with E-state index in [-0.39, 0.29) is 23.6 Å². The minimum absolute atomic E-state index is 0.0366. The van der Waals surface area contributed by atoms with Crippen LogP contribution in [0.4, 0.5) is 5.69 Å². The molecule has 0 radical (unpaired) electrons. The average molecular weight is 393 g/mol. The Labute approximate surface area is 166 Å². The molecule has 1 aromatic carbocycles. The minimum atomic E-state index is -1.17. The number of hydrogen-bond donors (Lipinski definition) is 3. The fraction of sp³-hybridized carbons (Fsp3) is 0.238. The first-order valence-corrected chi connectivity index (χ1v) is 9.18. The number of aliphatic hydroxyl groups is 1. The second-order valence-electron chi connectivity index (χ2n) is 7.15. The number of anilines is 1. The van der Waals surface area contributed by atoms with Crippen LogP contribution in [0.1, 0.15) is 29.3 Å². The molecule has 0 unspecified atom stereocenters. The standard InChI is InChI=1S/C21H19N3O5/c1-11(25)17-16-10-15(18(21(28)29)24(16)20(17)27)12-2-4-14(5-3-12)23-19(26)13-6-8-22-9-7-13/h2-9,11,16-17,25H,10H2,1H3,(H,23,26)(H,28,29)/t11-,16-,17-/m1/s1. The number of aliphatic carboxylic acids is 1. The molecule has 0 aliphatic carbocycles. The van der Waals surface area contributed by atoms with Gasteiger partial charge in [-0.05, 0) is 48.7 Å². The third-order valence-electron chi connectivity index (χ3n) is 5.36. The van der Waals surface area contributed by atoms with Crippen molar-refractivity contribution in [2.24, 2.45) is 5.92 Å². The van der Waals surface area contributed by atoms with Gasteiger partial charge in [-0.25, -0.2) is 4.79 Å². The number of carbonyl (C=O) groups is 3. The maximum Gasteiger partial charge on any atom is 0.352 e. The summed E-state index contributed by atoms with van der Waals surface area (Å²) in [5.41, 5.74) is 2.21. The van der Waals surface area contributed by atoms with Crippen molar-refractivity contribution in [2.45, 2.75) is 25.5 Å². The number of β-lactam (4-membered cyclic amide) rings is 1. The highest BCUT2D eigenvalue weighted by Crippen LogP contribution is 2.46. The molecule has 1 aromatic heterocycles. The van der Waals surface area contributed by atoms with E-state index in [2.05, 4.69) is 10.3 Å². The van der Waals surface area contributed by atoms with Gasteiger partial charge < -0.3 is 20.4 Å². The fourth-order valence-corrected chi connectivity index (χ4v) is 3.99. The molecule has 8 heteroatoms. The molecule has 4 rings (SSSR count). The molecule has 3 N–H and O–H groups in total. The van der Waals surface area contributed by atoms with Crippen LogP contribution in [-0.4, -0.2) is 50.0 Å². The largest absolute Gasteiger partial charge is 0.477 e. The number of nitrogens with one attached hydrogen (secondary N) is 1. The lowest BCUT2D eigenvalue weighted by molar-refractivity contribution is -0.161. The molecule has 148 valence electrons. The van der Waals surface area contributed by atoms with Crippen molar-refractivity contribution in [2.75, 3.05) is 5.32 Å². The van der Waals surface area contributed by atoms with Gasteiger partial charge in [-0.15, -0.1) is 0 Å². The van der Waals surface area contributed by atoms with Crippen LogP contribution in [0.3, 0.4) is 0 Å². The van der Waals surface area contributed by atoms with Crippen molar-refractivity contribution in [1.29, 1.82) is 0 Å². The molecule has 29 heavy (non-hydrogen) atoms. The number of aromatic nitrogens is 1. The Bertz CT molecular complexity index is 1010. The molecule has 8 nitrogen and oxygen atoms in total. The lowest BCUT2D eigenvalue weighted by Gasteiger charge is -2.44. The third-order valence-corrected chi connectivity index (χ3v) is 5.36. The molecule has 0 bridgehead atoms. The number of hydrogen-bond acceptors (Lipinski definition) is 5. The molecule has 1 fully saturated rings. The zero-order valence-electron chi connectivity index (χ0n) is 15.6. The molecule has 2 amide bonds. The zero-order chi connectivity index (χ0) is 20.7. The van der Waals surface area contributed by atoms with E-state index >= 15 is 0 Å². The smallest absolute Gasteiger partial charge is 0.352 e. The molecule has 2 aromatic rings. The van der Waals surface area contributed by atoms with Crippen LogP contribution in [0.25, 0.3) is 5.57 Å². The van der Waals surface area contributed by atoms with E-state index in [1.807, 2.05) is 0 Å². The highest BCUT2D eigenvalue weighted by molar-refractivity contribution is 6.06. The van der Waals surface area contributed by atoms with E-state index in [1.54, 1.807) is 43.3 Å². The van der Waals surface area contributed by atoms with E-state index in [9.17, 15) is 24.6 Å². The van der Waals surface area contributed by atoms with Gasteiger partial charge in [0.1, 0.15) is 5.70 Å². The molecule has 1 saturated heterocycles. The lowest BCUT2D eigenvalue weighted by atomic mass is 9.82. The first kappa shape index (κ1) is 18.8. The summed E-state index contributed by atoms with van der Waals surface area (Å²) in [6.45, 7) is 1.54. The van der Waals surface area contributed by atoms with Crippen molar-refractivity contribution < 1.29 is 24.6 Å². The summed E-state index contributed by atoms with van der Waals surface area (Å²) < 4.78 is 0. The summed E-state index contributed by atoms with van der Waals surface area (Å²) in [6, 6.07) is 9.67. The SMILES string of the molecule is C[C@@H](O)[C@H]1C(=O)N2C(C(=O)O)=C(c3ccc(NC(=O)c4ccncc4)cc3)C[C@H]12. The monoisotopic (exact) mass is 393 g/mol. The summed E-state index contributed by atoms with van der Waals surface area (Å²) in [7, 11) is 0. The maximum atomic E-state index is 12.3. The van der Waals surface area contributed by atoms with Gasteiger partial charge in [0.05, 0.1) is 18.1 Å². The second-order valence-corrected chi connectivity index (χ2v) is 7.15. The molecule has 0 spiro atoms. The van der Waals surface area contributed by atoms with Crippen molar-refractivity contribution in [3.63, 3.8) is 0 Å². The summed E-state index contributed by atoms with van der Waals surface area (Å²) in [5.74, 6) is -2.39. The van der Waals surface area contributed by atoms with Crippen molar-refractivity contribution in [1.82, 2.24) is 9.88 Å². The van der Waals surface area contributed by atoms with Gasteiger partial charge in [0.25, 0.3) is 5.91 Å². The fourth-order valence-electron chi connectivity index (χ4n) is 3.99. The van der Waals surface area contributed by atoms with Gasteiger partial charge in [0, 0.05) is 23.6 Å². The summed E-state index contributed by atoms with van der Waals surface area (Å²) in [5, 5.41) is 22.2. The number of pyridine rings is 1. The van der Waals surface area contributed by atoms with E-state index in [1.165, 1.54) is 17.3 Å². The van der Waals surface area contributed by atoms with Crippen LogP contribution in [0.15, 0.2) is 54.5 Å². The molecule has 3 heterocycles. The number of nitrogens with zero attached hydrogens (tertiary/aromatic N) is 2. The van der Waals surface area contributed by atoms with Crippen LogP contribution < -0.4 is 5.32 Å². The first-order valence-electron chi connectivity index (χ1n) is 9.18. The second kappa shape index (κ2) is 7.14. The molecular weight excluding hydrogens is 374 g/mol. The van der Waals surface area contributed by atoms with E-state index < -0.39 is 18.0 Å². The maximum absolute atomic E-state index is 12.3. The van der Waals surface area contributed by atoms with Gasteiger partial charge in [0.15, 0.2) is 0 Å². The number of rotatable bonds is 5. The van der Waals surface area contributed by atoms with Crippen LogP contribution in [0.5, 0.6) is 0 Å². The number of fused-ring (bicyclic) bond motifs is 1. The Morgan fingerprint density at radius 3 is 2.41 bits per heavy atom. The lowest BCUT2D eigenvalue weighted by Crippen LogP contribution is -2.61. The topological polar surface area (TPSA) is 120 Å². The van der Waals surface area contributed by atoms with Crippen LogP contribution >= 0.6 is 0 Å². The quantitative estimate of drug-likeness (QED) is 0.666. The van der Waals surface area contributed by atoms with E-state index in [0.717, 1.165) is 0 Å². The highest BCUT2D eigenvalue weighted by atomic mass is 16.4. The van der Waals surface area contributed by atoms with Crippen molar-refractivity contribution in [3.8, 4) is 0 Å². The molecule has 0 saturated carbocycles. The predicted molar refractivity (Wildman–Crippen MR) is 104 cm³/mol. The number of carbonyl (C=O) groups excluding carboxylic acids is 2. The summed E-state index contributed by atoms with van der Waals surface area (Å²) in [4.78, 5) is 41.5. The minimum Gasteiger partial charge on any atom is -0.477 e. The van der Waals surface area contributed by atoms with Gasteiger partial charge in [0.2, 0.25) is 5.91 Å². The highest BCUT2D eigenvalue weighted by Gasteiger charge is 2.56. The van der Waals surface area contributed by atoms with Gasteiger partial charge in [-0.2, -0.15) is 0 Å². The summed E-state index contributed by atoms with van der Waals surface area (Å²) in [6.07, 6.45) is 2.60. The third kappa shape index (κ3) is 3.17. The Hall–Kier alpha value is -3.52. The Morgan fingerprint density at radius 1 is 1.17 bits per heavy atom. The van der Waals surface area contributed by atoms with Crippen LogP contribution in [0.2, 0.25) is 0 Å². The van der Waals surface area contributed by atoms with Crippen molar-refractivity contribution >= 4 is 29.0 Å². The predicted octanol–water partition coefficient (Wildman–Crippen LogP) is 1.74. The van der Waals surface area contributed by atoms with Crippen molar-refractivity contribution in [3.05, 3.63) is 65.6 Å². The van der Waals surface area contributed by atoms with Gasteiger partial charge in [-0.3, -0.25) is 14.6 Å². The number of carboxylic acids is 1. The van der Waals surface area contributed by atoms with E-state index in [4.69, 9.17) is 0 Å². The number of carboxylic acid groups (broad SMARTS) is 1. The molecule has 3 atom stereocenters. The molecule has 2 aliphatic heterocycles. The van der Waals surface area contributed by atoms with E-state index in [0.29, 0.717) is 28.8 Å². The van der Waals surface area contributed by atoms with Crippen LogP contribution in [0, 0.1) is 5.92 Å². The Kier molecular flexibility index (Phi) is 4.63. The number of benzene rings is 1. The number of amides is 2. The normalized spacial score (nSPS) is 21.4. The van der Waals surface area contributed by atoms with Gasteiger partial charge in [-0.1, -0.05) is 12.1 Å². The zero-order valence-corrected chi connectivity index (χ0v) is 15.6. The Morgan fingerprint density at radius 2 is 1.83 bits per heavy atom. The average Bonchev–Trinajstić information content (AvgIpc) is 3.04. The van der Waals surface area contributed by atoms with Gasteiger partial charge >= 0.3 is 5.97 Å². The van der Waals surface area contributed by atoms with Crippen LogP contribution in [-0.2, 0) is 9.59 Å². The summed E-state index contributed by atoms with van der Waals surface area (Å²) >= 11 is 0. The Balaban J connectivity index is 1.57. The number of aliphatic hydroxyl groups excluding tert-OH is 1. The first-order chi connectivity index (χ1) is 13.9. The molecule has 2 aliphatic rings.